The summed E-state index contributed by atoms with van der Waals surface area (Å²) in [5, 5.41) is 0. The maximum absolute atomic E-state index is 13.0. The highest BCUT2D eigenvalue weighted by molar-refractivity contribution is 5.97. The highest BCUT2D eigenvalue weighted by Crippen LogP contribution is 2.32. The summed E-state index contributed by atoms with van der Waals surface area (Å²) in [6.07, 6.45) is 4.88. The molecule has 0 bridgehead atoms. The molecule has 1 aromatic heterocycles. The third-order valence-electron chi connectivity index (χ3n) is 4.60. The Morgan fingerprint density at radius 3 is 2.52 bits per heavy atom. The number of carbonyl (C=O) groups excluding carboxylic acids is 1. The van der Waals surface area contributed by atoms with Gasteiger partial charge in [-0.25, -0.2) is 0 Å². The van der Waals surface area contributed by atoms with Crippen LogP contribution in [0.5, 0.6) is 0 Å². The third-order valence-corrected chi connectivity index (χ3v) is 4.60. The molecule has 1 amide bonds. The van der Waals surface area contributed by atoms with Crippen LogP contribution in [0.15, 0.2) is 48.8 Å². The Hall–Kier alpha value is -2.36. The van der Waals surface area contributed by atoms with Gasteiger partial charge in [-0.15, -0.1) is 0 Å². The minimum atomic E-state index is -0.222. The van der Waals surface area contributed by atoms with Gasteiger partial charge in [0.05, 0.1) is 0 Å². The molecule has 2 aromatic rings. The molecule has 0 fully saturated rings. The molecular formula is C19H24N3O+. The van der Waals surface area contributed by atoms with E-state index in [9.17, 15) is 4.79 Å². The molecule has 1 aromatic carbocycles. The molecule has 23 heavy (non-hydrogen) atoms. The fourth-order valence-electron chi connectivity index (χ4n) is 3.22. The van der Waals surface area contributed by atoms with E-state index < -0.39 is 0 Å². The molecular weight excluding hydrogens is 286 g/mol. The predicted octanol–water partition coefficient (Wildman–Crippen LogP) is 2.58. The summed E-state index contributed by atoms with van der Waals surface area (Å²) >= 11 is 0. The number of carbonyl (C=O) groups is 1. The maximum Gasteiger partial charge on any atom is 0.296 e. The zero-order valence-electron chi connectivity index (χ0n) is 14.2. The summed E-state index contributed by atoms with van der Waals surface area (Å²) in [7, 11) is 4.02. The van der Waals surface area contributed by atoms with E-state index in [-0.39, 0.29) is 18.0 Å². The van der Waals surface area contributed by atoms with Crippen molar-refractivity contribution < 1.29 is 9.36 Å². The molecule has 1 aliphatic rings. The van der Waals surface area contributed by atoms with Crippen molar-refractivity contribution in [3.63, 3.8) is 0 Å². The molecule has 0 saturated carbocycles. The largest absolute Gasteiger partial charge is 0.377 e. The Labute approximate surface area is 138 Å². The molecule has 0 unspecified atom stereocenters. The minimum absolute atomic E-state index is 0.144. The molecule has 4 heteroatoms. The molecule has 2 heterocycles. The van der Waals surface area contributed by atoms with E-state index >= 15 is 0 Å². The van der Waals surface area contributed by atoms with Gasteiger partial charge in [-0.2, -0.15) is 4.57 Å². The van der Waals surface area contributed by atoms with Gasteiger partial charge >= 0.3 is 0 Å². The van der Waals surface area contributed by atoms with Crippen molar-refractivity contribution in [3.05, 3.63) is 54.4 Å². The molecule has 1 aliphatic heterocycles. The first-order valence-corrected chi connectivity index (χ1v) is 8.08. The van der Waals surface area contributed by atoms with Gasteiger partial charge in [0.1, 0.15) is 0 Å². The number of anilines is 2. The SMILES string of the molecule is C[C@H](C(=O)N1c2ccccc2C[C@@H]1C)[n+]1ccc(N(C)C)cc1. The Balaban J connectivity index is 1.85. The average Bonchev–Trinajstić information content (AvgIpc) is 2.89. The normalized spacial score (nSPS) is 17.7. The fraction of sp³-hybridized carbons (Fsp3) is 0.368. The first-order chi connectivity index (χ1) is 11.0. The summed E-state index contributed by atoms with van der Waals surface area (Å²) < 4.78 is 1.98. The number of amides is 1. The first-order valence-electron chi connectivity index (χ1n) is 8.08. The highest BCUT2D eigenvalue weighted by Gasteiger charge is 2.36. The second-order valence-corrected chi connectivity index (χ2v) is 6.46. The molecule has 2 atom stereocenters. The van der Waals surface area contributed by atoms with Crippen molar-refractivity contribution in [3.8, 4) is 0 Å². The second-order valence-electron chi connectivity index (χ2n) is 6.46. The lowest BCUT2D eigenvalue weighted by Crippen LogP contribution is -2.49. The smallest absolute Gasteiger partial charge is 0.296 e. The van der Waals surface area contributed by atoms with Crippen LogP contribution >= 0.6 is 0 Å². The van der Waals surface area contributed by atoms with Gasteiger partial charge < -0.3 is 9.80 Å². The summed E-state index contributed by atoms with van der Waals surface area (Å²) in [6, 6.07) is 12.3. The number of hydrogen-bond acceptors (Lipinski definition) is 2. The first kappa shape index (κ1) is 15.5. The number of fused-ring (bicyclic) bond motifs is 1. The Bertz CT molecular complexity index is 709. The lowest BCUT2D eigenvalue weighted by atomic mass is 10.1. The lowest BCUT2D eigenvalue weighted by molar-refractivity contribution is -0.705. The van der Waals surface area contributed by atoms with E-state index in [2.05, 4.69) is 17.9 Å². The van der Waals surface area contributed by atoms with Gasteiger partial charge in [0.15, 0.2) is 12.4 Å². The number of para-hydroxylation sites is 1. The third kappa shape index (κ3) is 2.81. The number of benzene rings is 1. The van der Waals surface area contributed by atoms with Gasteiger partial charge in [-0.05, 0) is 25.0 Å². The van der Waals surface area contributed by atoms with E-state index in [1.165, 1.54) is 5.56 Å². The van der Waals surface area contributed by atoms with Crippen LogP contribution in [0.4, 0.5) is 11.4 Å². The monoisotopic (exact) mass is 310 g/mol. The Morgan fingerprint density at radius 1 is 1.22 bits per heavy atom. The van der Waals surface area contributed by atoms with Crippen LogP contribution in [0.2, 0.25) is 0 Å². The second kappa shape index (κ2) is 6.03. The molecule has 0 saturated heterocycles. The molecule has 120 valence electrons. The molecule has 3 rings (SSSR count). The van der Waals surface area contributed by atoms with Crippen LogP contribution in [0.25, 0.3) is 0 Å². The van der Waals surface area contributed by atoms with Crippen LogP contribution in [0, 0.1) is 0 Å². The van der Waals surface area contributed by atoms with Crippen molar-refractivity contribution in [2.24, 2.45) is 0 Å². The van der Waals surface area contributed by atoms with Crippen molar-refractivity contribution in [2.75, 3.05) is 23.9 Å². The van der Waals surface area contributed by atoms with Gasteiger partial charge in [0.2, 0.25) is 6.04 Å². The van der Waals surface area contributed by atoms with Gasteiger partial charge in [-0.1, -0.05) is 18.2 Å². The van der Waals surface area contributed by atoms with E-state index in [1.54, 1.807) is 0 Å². The van der Waals surface area contributed by atoms with Crippen LogP contribution in [-0.4, -0.2) is 26.0 Å². The van der Waals surface area contributed by atoms with Crippen molar-refractivity contribution in [1.82, 2.24) is 0 Å². The maximum atomic E-state index is 13.0. The van der Waals surface area contributed by atoms with Crippen LogP contribution in [0.3, 0.4) is 0 Å². The lowest BCUT2D eigenvalue weighted by Gasteiger charge is -2.24. The molecule has 4 nitrogen and oxygen atoms in total. The topological polar surface area (TPSA) is 27.4 Å². The quantitative estimate of drug-likeness (QED) is 0.815. The molecule has 0 spiro atoms. The standard InChI is InChI=1S/C19H24N3O/c1-14-13-16-7-5-6-8-18(16)22(14)19(23)15(2)21-11-9-17(10-12-21)20(3)4/h5-12,14-15H,13H2,1-4H3/q+1/t14-,15+/m0/s1. The number of pyridine rings is 1. The molecule has 0 radical (unpaired) electrons. The molecule has 0 N–H and O–H groups in total. The van der Waals surface area contributed by atoms with Gasteiger partial charge in [-0.3, -0.25) is 4.79 Å². The zero-order chi connectivity index (χ0) is 16.6. The Kier molecular flexibility index (Phi) is 4.07. The van der Waals surface area contributed by atoms with Crippen molar-refractivity contribution in [2.45, 2.75) is 32.4 Å². The van der Waals surface area contributed by atoms with Crippen LogP contribution < -0.4 is 14.4 Å². The molecule has 0 aliphatic carbocycles. The summed E-state index contributed by atoms with van der Waals surface area (Å²) in [4.78, 5) is 17.0. The van der Waals surface area contributed by atoms with E-state index in [0.717, 1.165) is 17.8 Å². The predicted molar refractivity (Wildman–Crippen MR) is 92.8 cm³/mol. The number of aromatic nitrogens is 1. The van der Waals surface area contributed by atoms with Gasteiger partial charge in [0.25, 0.3) is 5.91 Å². The Morgan fingerprint density at radius 2 is 1.87 bits per heavy atom. The summed E-state index contributed by atoms with van der Waals surface area (Å²) in [6.45, 7) is 4.08. The highest BCUT2D eigenvalue weighted by atomic mass is 16.2. The summed E-state index contributed by atoms with van der Waals surface area (Å²) in [5.41, 5.74) is 3.44. The summed E-state index contributed by atoms with van der Waals surface area (Å²) in [5.74, 6) is 0.144. The number of nitrogens with zero attached hydrogens (tertiary/aromatic N) is 3. The minimum Gasteiger partial charge on any atom is -0.377 e. The van der Waals surface area contributed by atoms with Crippen molar-refractivity contribution in [1.29, 1.82) is 0 Å². The van der Waals surface area contributed by atoms with E-state index in [0.29, 0.717) is 0 Å². The average molecular weight is 310 g/mol. The van der Waals surface area contributed by atoms with E-state index in [4.69, 9.17) is 0 Å². The van der Waals surface area contributed by atoms with Crippen molar-refractivity contribution >= 4 is 17.3 Å². The van der Waals surface area contributed by atoms with Crippen LogP contribution in [-0.2, 0) is 11.2 Å². The number of rotatable bonds is 3. The number of hydrogen-bond donors (Lipinski definition) is 0. The zero-order valence-corrected chi connectivity index (χ0v) is 14.2. The van der Waals surface area contributed by atoms with Crippen LogP contribution in [0.1, 0.15) is 25.5 Å². The fourth-order valence-corrected chi connectivity index (χ4v) is 3.22. The van der Waals surface area contributed by atoms with Gasteiger partial charge in [0, 0.05) is 50.6 Å². The van der Waals surface area contributed by atoms with E-state index in [1.807, 2.05) is 73.2 Å².